The minimum Gasteiger partial charge on any atom is -0.392 e. The lowest BCUT2D eigenvalue weighted by molar-refractivity contribution is -0.130. The normalized spacial score (nSPS) is 18.6. The van der Waals surface area contributed by atoms with Crippen molar-refractivity contribution in [3.63, 3.8) is 0 Å². The maximum Gasteiger partial charge on any atom is 0.219 e. The van der Waals surface area contributed by atoms with Gasteiger partial charge in [-0.25, -0.2) is 0 Å². The van der Waals surface area contributed by atoms with Gasteiger partial charge in [-0.1, -0.05) is 18.3 Å². The Morgan fingerprint density at radius 1 is 1.44 bits per heavy atom. The number of hydrogen-bond donors (Lipinski definition) is 1. The molecule has 0 bridgehead atoms. The van der Waals surface area contributed by atoms with Gasteiger partial charge in [-0.3, -0.25) is 9.69 Å². The lowest BCUT2D eigenvalue weighted by Crippen LogP contribution is -2.51. The summed E-state index contributed by atoms with van der Waals surface area (Å²) in [5, 5.41) is 2.03. The van der Waals surface area contributed by atoms with Crippen LogP contribution in [0.3, 0.4) is 0 Å². The number of hydrogen-bond acceptors (Lipinski definition) is 4. The fourth-order valence-electron chi connectivity index (χ4n) is 2.24. The molecule has 2 rings (SSSR count). The van der Waals surface area contributed by atoms with Crippen molar-refractivity contribution in [2.75, 3.05) is 26.2 Å². The summed E-state index contributed by atoms with van der Waals surface area (Å²) in [5.74, 6) is 0.137. The van der Waals surface area contributed by atoms with Gasteiger partial charge < -0.3 is 10.6 Å². The van der Waals surface area contributed by atoms with Gasteiger partial charge in [0, 0.05) is 38.0 Å². The Morgan fingerprint density at radius 2 is 2.11 bits per heavy atom. The van der Waals surface area contributed by atoms with Crippen LogP contribution < -0.4 is 5.73 Å². The van der Waals surface area contributed by atoms with E-state index in [1.54, 1.807) is 18.3 Å². The van der Waals surface area contributed by atoms with Crippen molar-refractivity contribution in [2.45, 2.75) is 13.0 Å². The summed E-state index contributed by atoms with van der Waals surface area (Å²) >= 11 is 6.86. The Bertz CT molecular complexity index is 425. The monoisotopic (exact) mass is 283 g/mol. The molecular weight excluding hydrogens is 266 g/mol. The Balaban J connectivity index is 2.06. The number of carbonyl (C=O) groups is 1. The van der Waals surface area contributed by atoms with E-state index in [-0.39, 0.29) is 11.9 Å². The van der Waals surface area contributed by atoms with Gasteiger partial charge in [-0.05, 0) is 11.4 Å². The van der Waals surface area contributed by atoms with Gasteiger partial charge in [0.1, 0.15) is 0 Å². The summed E-state index contributed by atoms with van der Waals surface area (Å²) in [5.41, 5.74) is 5.87. The molecule has 1 aliphatic heterocycles. The molecule has 0 aromatic carbocycles. The highest BCUT2D eigenvalue weighted by Gasteiger charge is 2.28. The second-order valence-electron chi connectivity index (χ2n) is 4.36. The summed E-state index contributed by atoms with van der Waals surface area (Å²) < 4.78 is 0. The lowest BCUT2D eigenvalue weighted by atomic mass is 10.1. The molecule has 1 aromatic heterocycles. The number of nitrogens with zero attached hydrogens (tertiary/aromatic N) is 2. The minimum atomic E-state index is 0.00843. The highest BCUT2D eigenvalue weighted by molar-refractivity contribution is 7.80. The topological polar surface area (TPSA) is 49.6 Å². The molecule has 1 fully saturated rings. The maximum atomic E-state index is 11.3. The molecule has 2 heterocycles. The van der Waals surface area contributed by atoms with E-state index in [2.05, 4.69) is 11.0 Å². The molecule has 0 saturated carbocycles. The first-order chi connectivity index (χ1) is 8.59. The SMILES string of the molecule is CC(=O)N1CCN(C(C(N)=S)c2cccs2)CC1. The van der Waals surface area contributed by atoms with Crippen LogP contribution in [0.15, 0.2) is 17.5 Å². The number of thiocarbonyl (C=S) groups is 1. The van der Waals surface area contributed by atoms with E-state index in [9.17, 15) is 4.79 Å². The molecule has 98 valence electrons. The van der Waals surface area contributed by atoms with Crippen LogP contribution in [-0.2, 0) is 4.79 Å². The average Bonchev–Trinajstić information content (AvgIpc) is 2.83. The molecule has 0 spiro atoms. The van der Waals surface area contributed by atoms with Gasteiger partial charge in [0.2, 0.25) is 5.91 Å². The first kappa shape index (κ1) is 13.5. The fourth-order valence-corrected chi connectivity index (χ4v) is 3.47. The molecule has 0 aliphatic carbocycles. The van der Waals surface area contributed by atoms with Crippen molar-refractivity contribution in [3.8, 4) is 0 Å². The quantitative estimate of drug-likeness (QED) is 0.848. The van der Waals surface area contributed by atoms with E-state index in [1.165, 1.54) is 4.88 Å². The largest absolute Gasteiger partial charge is 0.392 e. The van der Waals surface area contributed by atoms with E-state index < -0.39 is 0 Å². The molecular formula is C12H17N3OS2. The zero-order valence-corrected chi connectivity index (χ0v) is 12.0. The van der Waals surface area contributed by atoms with Gasteiger partial charge in [0.25, 0.3) is 0 Å². The van der Waals surface area contributed by atoms with E-state index >= 15 is 0 Å². The molecule has 1 unspecified atom stereocenters. The van der Waals surface area contributed by atoms with Crippen LogP contribution in [0.5, 0.6) is 0 Å². The molecule has 18 heavy (non-hydrogen) atoms. The lowest BCUT2D eigenvalue weighted by Gasteiger charge is -2.38. The molecule has 1 amide bonds. The van der Waals surface area contributed by atoms with Crippen LogP contribution in [0.2, 0.25) is 0 Å². The second kappa shape index (κ2) is 5.77. The minimum absolute atomic E-state index is 0.00843. The molecule has 1 atom stereocenters. The second-order valence-corrected chi connectivity index (χ2v) is 5.81. The molecule has 4 nitrogen and oxygen atoms in total. The average molecular weight is 283 g/mol. The fraction of sp³-hybridized carbons (Fsp3) is 0.500. The number of carbonyl (C=O) groups excluding carboxylic acids is 1. The van der Waals surface area contributed by atoms with Crippen LogP contribution in [0.1, 0.15) is 17.8 Å². The molecule has 0 radical (unpaired) electrons. The predicted octanol–water partition coefficient (Wildman–Crippen LogP) is 1.24. The number of amides is 1. The summed E-state index contributed by atoms with van der Waals surface area (Å²) in [4.78, 5) is 17.1. The van der Waals surface area contributed by atoms with Crippen molar-refractivity contribution in [1.29, 1.82) is 0 Å². The van der Waals surface area contributed by atoms with E-state index in [0.29, 0.717) is 4.99 Å². The number of piperazine rings is 1. The van der Waals surface area contributed by atoms with E-state index in [1.807, 2.05) is 16.3 Å². The standard InChI is InChI=1S/C12H17N3OS2/c1-9(16)14-4-6-15(7-5-14)11(12(13)17)10-3-2-8-18-10/h2-3,8,11H,4-7H2,1H3,(H2,13,17). The summed E-state index contributed by atoms with van der Waals surface area (Å²) in [6.07, 6.45) is 0. The Labute approximate surface area is 116 Å². The third-order valence-electron chi connectivity index (χ3n) is 3.21. The van der Waals surface area contributed by atoms with Crippen molar-refractivity contribution >= 4 is 34.5 Å². The number of nitrogens with two attached hydrogens (primary N) is 1. The van der Waals surface area contributed by atoms with Crippen LogP contribution in [0.4, 0.5) is 0 Å². The highest BCUT2D eigenvalue weighted by atomic mass is 32.1. The van der Waals surface area contributed by atoms with Crippen LogP contribution >= 0.6 is 23.6 Å². The number of thiophene rings is 1. The third-order valence-corrected chi connectivity index (χ3v) is 4.35. The molecule has 2 N–H and O–H groups in total. The van der Waals surface area contributed by atoms with Crippen LogP contribution in [0.25, 0.3) is 0 Å². The van der Waals surface area contributed by atoms with Crippen molar-refractivity contribution in [1.82, 2.24) is 9.80 Å². The molecule has 1 aromatic rings. The van der Waals surface area contributed by atoms with E-state index in [4.69, 9.17) is 18.0 Å². The Kier molecular flexibility index (Phi) is 4.31. The molecule has 1 saturated heterocycles. The third kappa shape index (κ3) is 2.88. The van der Waals surface area contributed by atoms with Crippen molar-refractivity contribution in [3.05, 3.63) is 22.4 Å². The van der Waals surface area contributed by atoms with Crippen molar-refractivity contribution in [2.24, 2.45) is 5.73 Å². The summed E-state index contributed by atoms with van der Waals surface area (Å²) in [6, 6.07) is 4.08. The van der Waals surface area contributed by atoms with Gasteiger partial charge in [-0.15, -0.1) is 11.3 Å². The predicted molar refractivity (Wildman–Crippen MR) is 77.7 cm³/mol. The van der Waals surface area contributed by atoms with Crippen LogP contribution in [-0.4, -0.2) is 46.9 Å². The molecule has 1 aliphatic rings. The zero-order chi connectivity index (χ0) is 13.1. The zero-order valence-electron chi connectivity index (χ0n) is 10.3. The van der Waals surface area contributed by atoms with Gasteiger partial charge in [-0.2, -0.15) is 0 Å². The number of rotatable bonds is 3. The summed E-state index contributed by atoms with van der Waals surface area (Å²) in [7, 11) is 0. The first-order valence-corrected chi connectivity index (χ1v) is 7.20. The van der Waals surface area contributed by atoms with E-state index in [0.717, 1.165) is 26.2 Å². The van der Waals surface area contributed by atoms with Gasteiger partial charge in [0.05, 0.1) is 11.0 Å². The van der Waals surface area contributed by atoms with Crippen molar-refractivity contribution < 1.29 is 4.79 Å². The smallest absolute Gasteiger partial charge is 0.219 e. The summed E-state index contributed by atoms with van der Waals surface area (Å²) in [6.45, 7) is 4.75. The van der Waals surface area contributed by atoms with Gasteiger partial charge in [0.15, 0.2) is 0 Å². The van der Waals surface area contributed by atoms with Crippen LogP contribution in [0, 0.1) is 0 Å². The first-order valence-electron chi connectivity index (χ1n) is 5.92. The highest BCUT2D eigenvalue weighted by Crippen LogP contribution is 2.26. The molecule has 6 heteroatoms. The Hall–Kier alpha value is -0.980. The van der Waals surface area contributed by atoms with Gasteiger partial charge >= 0.3 is 0 Å². The maximum absolute atomic E-state index is 11.3. The Morgan fingerprint density at radius 3 is 2.56 bits per heavy atom.